The van der Waals surface area contributed by atoms with Crippen molar-refractivity contribution in [2.45, 2.75) is 26.7 Å². The summed E-state index contributed by atoms with van der Waals surface area (Å²) in [5.41, 5.74) is 7.79. The lowest BCUT2D eigenvalue weighted by molar-refractivity contribution is -0.148. The van der Waals surface area contributed by atoms with Gasteiger partial charge in [-0.1, -0.05) is 6.07 Å². The number of nitrogen functional groups attached to an aromatic ring is 1. The van der Waals surface area contributed by atoms with Crippen molar-refractivity contribution in [1.29, 1.82) is 0 Å². The summed E-state index contributed by atoms with van der Waals surface area (Å²) in [6.07, 6.45) is 4.66. The van der Waals surface area contributed by atoms with Crippen molar-refractivity contribution in [2.75, 3.05) is 35.6 Å². The zero-order chi connectivity index (χ0) is 18.5. The Labute approximate surface area is 152 Å². The molecule has 1 aliphatic heterocycles. The van der Waals surface area contributed by atoms with Gasteiger partial charge in [-0.05, 0) is 38.3 Å². The summed E-state index contributed by atoms with van der Waals surface area (Å²) < 4.78 is 5.12. The van der Waals surface area contributed by atoms with E-state index in [2.05, 4.69) is 25.2 Å². The monoisotopic (exact) mass is 356 g/mol. The minimum Gasteiger partial charge on any atom is -0.466 e. The van der Waals surface area contributed by atoms with Crippen LogP contribution in [0.4, 0.5) is 23.1 Å². The first-order chi connectivity index (χ1) is 12.6. The average Bonchev–Trinajstić information content (AvgIpc) is 2.65. The maximum Gasteiger partial charge on any atom is 0.309 e. The number of nitrogens with two attached hydrogens (primary N) is 1. The van der Waals surface area contributed by atoms with Crippen LogP contribution in [-0.4, -0.2) is 40.6 Å². The van der Waals surface area contributed by atoms with Gasteiger partial charge in [-0.15, -0.1) is 0 Å². The molecule has 1 aliphatic rings. The maximum atomic E-state index is 11.9. The summed E-state index contributed by atoms with van der Waals surface area (Å²) in [5.74, 6) is 1.76. The van der Waals surface area contributed by atoms with Gasteiger partial charge in [0.1, 0.15) is 17.8 Å². The van der Waals surface area contributed by atoms with Gasteiger partial charge >= 0.3 is 5.97 Å². The van der Waals surface area contributed by atoms with E-state index in [0.29, 0.717) is 42.8 Å². The van der Waals surface area contributed by atoms with E-state index < -0.39 is 0 Å². The zero-order valence-electron chi connectivity index (χ0n) is 15.1. The van der Waals surface area contributed by atoms with Crippen molar-refractivity contribution in [1.82, 2.24) is 15.0 Å². The molecule has 0 amide bonds. The number of nitrogens with one attached hydrogen (secondary N) is 1. The number of rotatable bonds is 5. The van der Waals surface area contributed by atoms with E-state index in [0.717, 1.165) is 18.4 Å². The lowest BCUT2D eigenvalue weighted by Crippen LogP contribution is -2.37. The van der Waals surface area contributed by atoms with Crippen LogP contribution in [0.2, 0.25) is 0 Å². The highest BCUT2D eigenvalue weighted by Crippen LogP contribution is 2.31. The molecule has 3 heterocycles. The molecule has 8 nitrogen and oxygen atoms in total. The van der Waals surface area contributed by atoms with Gasteiger partial charge in [-0.2, -0.15) is 0 Å². The molecule has 0 saturated carbocycles. The molecule has 26 heavy (non-hydrogen) atoms. The molecule has 1 fully saturated rings. The molecule has 3 rings (SSSR count). The predicted octanol–water partition coefficient (Wildman–Crippen LogP) is 2.29. The minimum absolute atomic E-state index is 0.0528. The molecule has 0 aromatic carbocycles. The second-order valence-electron chi connectivity index (χ2n) is 6.27. The number of aromatic nitrogens is 3. The molecule has 0 bridgehead atoms. The van der Waals surface area contributed by atoms with Crippen LogP contribution in [0.3, 0.4) is 0 Å². The molecule has 138 valence electrons. The number of aryl methyl sites for hydroxylation is 1. The van der Waals surface area contributed by atoms with Crippen LogP contribution in [0.25, 0.3) is 0 Å². The highest BCUT2D eigenvalue weighted by Gasteiger charge is 2.28. The number of piperidine rings is 1. The standard InChI is InChI=1S/C18H24N6O2/c1-3-26-18(25)13-6-9-24(10-7-13)17-14(19)16(21-11-22-17)23-15-12(2)5-4-8-20-15/h4-5,8,11,13H,3,6-7,9-10,19H2,1-2H3,(H,20,21,22,23). The highest BCUT2D eigenvalue weighted by molar-refractivity contribution is 5.78. The summed E-state index contributed by atoms with van der Waals surface area (Å²) in [7, 11) is 0. The quantitative estimate of drug-likeness (QED) is 0.786. The molecule has 0 radical (unpaired) electrons. The third-order valence-corrected chi connectivity index (χ3v) is 4.52. The first-order valence-electron chi connectivity index (χ1n) is 8.80. The normalized spacial score (nSPS) is 14.9. The number of hydrogen-bond donors (Lipinski definition) is 2. The van der Waals surface area contributed by atoms with Crippen molar-refractivity contribution in [2.24, 2.45) is 5.92 Å². The van der Waals surface area contributed by atoms with Crippen molar-refractivity contribution < 1.29 is 9.53 Å². The van der Waals surface area contributed by atoms with Crippen molar-refractivity contribution >= 4 is 29.1 Å². The van der Waals surface area contributed by atoms with E-state index in [1.165, 1.54) is 6.33 Å². The van der Waals surface area contributed by atoms with Gasteiger partial charge in [0.15, 0.2) is 11.6 Å². The van der Waals surface area contributed by atoms with Crippen LogP contribution in [0, 0.1) is 12.8 Å². The zero-order valence-corrected chi connectivity index (χ0v) is 15.1. The maximum absolute atomic E-state index is 11.9. The molecule has 2 aromatic heterocycles. The van der Waals surface area contributed by atoms with Crippen LogP contribution >= 0.6 is 0 Å². The van der Waals surface area contributed by atoms with Crippen LogP contribution in [0.15, 0.2) is 24.7 Å². The fourth-order valence-electron chi connectivity index (χ4n) is 3.05. The Morgan fingerprint density at radius 1 is 1.31 bits per heavy atom. The Hall–Kier alpha value is -2.90. The molecule has 8 heteroatoms. The Kier molecular flexibility index (Phi) is 5.50. The second-order valence-corrected chi connectivity index (χ2v) is 6.27. The smallest absolute Gasteiger partial charge is 0.309 e. The summed E-state index contributed by atoms with van der Waals surface area (Å²) in [6.45, 7) is 5.61. The lowest BCUT2D eigenvalue weighted by atomic mass is 9.97. The number of hydrogen-bond acceptors (Lipinski definition) is 8. The number of anilines is 4. The Bertz CT molecular complexity index is 774. The average molecular weight is 356 g/mol. The largest absolute Gasteiger partial charge is 0.466 e. The first kappa shape index (κ1) is 17.9. The van der Waals surface area contributed by atoms with Gasteiger partial charge < -0.3 is 20.7 Å². The topological polar surface area (TPSA) is 106 Å². The number of ether oxygens (including phenoxy) is 1. The minimum atomic E-state index is -0.115. The van der Waals surface area contributed by atoms with E-state index >= 15 is 0 Å². The molecule has 1 saturated heterocycles. The van der Waals surface area contributed by atoms with Crippen LogP contribution in [0.5, 0.6) is 0 Å². The second kappa shape index (κ2) is 7.99. The van der Waals surface area contributed by atoms with Crippen LogP contribution in [0.1, 0.15) is 25.3 Å². The van der Waals surface area contributed by atoms with E-state index in [4.69, 9.17) is 10.5 Å². The van der Waals surface area contributed by atoms with Gasteiger partial charge in [-0.3, -0.25) is 4.79 Å². The molecule has 2 aromatic rings. The molecule has 3 N–H and O–H groups in total. The molecule has 0 aliphatic carbocycles. The summed E-state index contributed by atoms with van der Waals surface area (Å²) in [5, 5.41) is 3.18. The number of nitrogens with zero attached hydrogens (tertiary/aromatic N) is 4. The third kappa shape index (κ3) is 3.84. The van der Waals surface area contributed by atoms with Crippen molar-refractivity contribution in [3.63, 3.8) is 0 Å². The molecule has 0 atom stereocenters. The van der Waals surface area contributed by atoms with Crippen LogP contribution < -0.4 is 16.0 Å². The number of esters is 1. The van der Waals surface area contributed by atoms with Gasteiger partial charge in [0.25, 0.3) is 0 Å². The van der Waals surface area contributed by atoms with E-state index in [1.807, 2.05) is 26.0 Å². The fourth-order valence-corrected chi connectivity index (χ4v) is 3.05. The summed E-state index contributed by atoms with van der Waals surface area (Å²) >= 11 is 0. The Morgan fingerprint density at radius 3 is 2.77 bits per heavy atom. The van der Waals surface area contributed by atoms with Gasteiger partial charge in [0.2, 0.25) is 0 Å². The van der Waals surface area contributed by atoms with Gasteiger partial charge in [-0.25, -0.2) is 15.0 Å². The van der Waals surface area contributed by atoms with Crippen molar-refractivity contribution in [3.8, 4) is 0 Å². The van der Waals surface area contributed by atoms with Crippen molar-refractivity contribution in [3.05, 3.63) is 30.2 Å². The number of carbonyl (C=O) groups is 1. The Morgan fingerprint density at radius 2 is 2.08 bits per heavy atom. The van der Waals surface area contributed by atoms with E-state index in [9.17, 15) is 4.79 Å². The fraction of sp³-hybridized carbons (Fsp3) is 0.444. The Balaban J connectivity index is 1.72. The first-order valence-corrected chi connectivity index (χ1v) is 8.80. The number of carbonyl (C=O) groups excluding carboxylic acids is 1. The number of pyridine rings is 1. The van der Waals surface area contributed by atoms with E-state index in [1.54, 1.807) is 6.20 Å². The predicted molar refractivity (Wildman–Crippen MR) is 100 cm³/mol. The lowest BCUT2D eigenvalue weighted by Gasteiger charge is -2.32. The van der Waals surface area contributed by atoms with E-state index in [-0.39, 0.29) is 11.9 Å². The summed E-state index contributed by atoms with van der Waals surface area (Å²) in [6, 6.07) is 3.84. The van der Waals surface area contributed by atoms with Gasteiger partial charge in [0.05, 0.1) is 12.5 Å². The third-order valence-electron chi connectivity index (χ3n) is 4.52. The molecule has 0 unspecified atom stereocenters. The summed E-state index contributed by atoms with van der Waals surface area (Å²) in [4.78, 5) is 26.9. The molecule has 0 spiro atoms. The SMILES string of the molecule is CCOC(=O)C1CCN(c2ncnc(Nc3ncccc3C)c2N)CC1. The van der Waals surface area contributed by atoms with Gasteiger partial charge in [0, 0.05) is 19.3 Å². The highest BCUT2D eigenvalue weighted by atomic mass is 16.5. The molecular weight excluding hydrogens is 332 g/mol. The molecular formula is C18H24N6O2. The van der Waals surface area contributed by atoms with Crippen LogP contribution in [-0.2, 0) is 9.53 Å².